The van der Waals surface area contributed by atoms with E-state index >= 15 is 0 Å². The van der Waals surface area contributed by atoms with E-state index in [9.17, 15) is 4.79 Å². The summed E-state index contributed by atoms with van der Waals surface area (Å²) in [6, 6.07) is 14.8. The molecule has 0 saturated heterocycles. The standard InChI is InChI=1S/C20H18ClN3O3/c1-13-17(11-23-24(13)15-8-6-14(21)7-9-15)20(25)22-10-16-12-26-18-4-2-3-5-19(18)27-16/h2-9,11,16H,10,12H2,1H3,(H,22,25). The fourth-order valence-electron chi connectivity index (χ4n) is 2.94. The number of ether oxygens (including phenoxy) is 2. The van der Waals surface area contributed by atoms with Crippen molar-refractivity contribution in [3.05, 3.63) is 71.0 Å². The van der Waals surface area contributed by atoms with Crippen molar-refractivity contribution in [2.24, 2.45) is 0 Å². The van der Waals surface area contributed by atoms with Crippen molar-refractivity contribution in [2.45, 2.75) is 13.0 Å². The van der Waals surface area contributed by atoms with Crippen LogP contribution in [0.1, 0.15) is 16.1 Å². The van der Waals surface area contributed by atoms with Crippen LogP contribution in [-0.2, 0) is 0 Å². The van der Waals surface area contributed by atoms with E-state index in [4.69, 9.17) is 21.1 Å². The van der Waals surface area contributed by atoms with Crippen molar-refractivity contribution in [1.82, 2.24) is 15.1 Å². The van der Waals surface area contributed by atoms with E-state index in [0.29, 0.717) is 29.5 Å². The Balaban J connectivity index is 1.41. The Bertz CT molecular complexity index is 969. The van der Waals surface area contributed by atoms with Crippen LogP contribution in [0.25, 0.3) is 5.69 Å². The molecule has 7 heteroatoms. The van der Waals surface area contributed by atoms with E-state index in [2.05, 4.69) is 10.4 Å². The molecule has 1 N–H and O–H groups in total. The van der Waals surface area contributed by atoms with Crippen LogP contribution in [-0.4, -0.2) is 34.9 Å². The molecule has 6 nitrogen and oxygen atoms in total. The van der Waals surface area contributed by atoms with Gasteiger partial charge in [0.25, 0.3) is 5.91 Å². The zero-order chi connectivity index (χ0) is 18.8. The molecule has 1 aliphatic rings. The van der Waals surface area contributed by atoms with Gasteiger partial charge in [-0.05, 0) is 43.3 Å². The highest BCUT2D eigenvalue weighted by Crippen LogP contribution is 2.30. The molecule has 1 amide bonds. The van der Waals surface area contributed by atoms with E-state index in [0.717, 1.165) is 17.1 Å². The number of fused-ring (bicyclic) bond motifs is 1. The number of aromatic nitrogens is 2. The molecule has 0 spiro atoms. The van der Waals surface area contributed by atoms with Crippen LogP contribution in [0, 0.1) is 6.92 Å². The van der Waals surface area contributed by atoms with E-state index in [1.807, 2.05) is 43.3 Å². The lowest BCUT2D eigenvalue weighted by Crippen LogP contribution is -2.40. The molecule has 27 heavy (non-hydrogen) atoms. The summed E-state index contributed by atoms with van der Waals surface area (Å²) in [6.07, 6.45) is 1.32. The maximum Gasteiger partial charge on any atom is 0.254 e. The molecule has 1 unspecified atom stereocenters. The molecule has 0 aliphatic carbocycles. The third-order valence-corrected chi connectivity index (χ3v) is 4.64. The van der Waals surface area contributed by atoms with Gasteiger partial charge in [-0.15, -0.1) is 0 Å². The van der Waals surface area contributed by atoms with Crippen molar-refractivity contribution in [2.75, 3.05) is 13.2 Å². The van der Waals surface area contributed by atoms with Crippen LogP contribution >= 0.6 is 11.6 Å². The number of carbonyl (C=O) groups excluding carboxylic acids is 1. The molecular formula is C20H18ClN3O3. The third-order valence-electron chi connectivity index (χ3n) is 4.38. The SMILES string of the molecule is Cc1c(C(=O)NCC2COc3ccccc3O2)cnn1-c1ccc(Cl)cc1. The summed E-state index contributed by atoms with van der Waals surface area (Å²) in [5.41, 5.74) is 2.11. The lowest BCUT2D eigenvalue weighted by molar-refractivity contribution is 0.0789. The fourth-order valence-corrected chi connectivity index (χ4v) is 3.07. The number of rotatable bonds is 4. The molecule has 0 radical (unpaired) electrons. The Morgan fingerprint density at radius 3 is 2.74 bits per heavy atom. The minimum Gasteiger partial charge on any atom is -0.486 e. The minimum absolute atomic E-state index is 0.199. The predicted molar refractivity (Wildman–Crippen MR) is 102 cm³/mol. The molecule has 1 aliphatic heterocycles. The topological polar surface area (TPSA) is 65.4 Å². The number of nitrogens with zero attached hydrogens (tertiary/aromatic N) is 2. The van der Waals surface area contributed by atoms with Crippen LogP contribution < -0.4 is 14.8 Å². The first-order valence-electron chi connectivity index (χ1n) is 8.59. The number of amides is 1. The normalized spacial score (nSPS) is 15.4. The molecule has 0 bridgehead atoms. The van der Waals surface area contributed by atoms with Crippen molar-refractivity contribution in [3.8, 4) is 17.2 Å². The van der Waals surface area contributed by atoms with Gasteiger partial charge in [0.15, 0.2) is 11.5 Å². The van der Waals surface area contributed by atoms with Crippen molar-refractivity contribution < 1.29 is 14.3 Å². The summed E-state index contributed by atoms with van der Waals surface area (Å²) in [5.74, 6) is 1.21. The van der Waals surface area contributed by atoms with Gasteiger partial charge >= 0.3 is 0 Å². The van der Waals surface area contributed by atoms with Gasteiger partial charge < -0.3 is 14.8 Å². The molecule has 2 aromatic carbocycles. The highest BCUT2D eigenvalue weighted by molar-refractivity contribution is 6.30. The smallest absolute Gasteiger partial charge is 0.254 e. The first kappa shape index (κ1) is 17.4. The lowest BCUT2D eigenvalue weighted by Gasteiger charge is -2.26. The number of halogens is 1. The number of nitrogens with one attached hydrogen (secondary N) is 1. The molecule has 0 fully saturated rings. The molecule has 4 rings (SSSR count). The summed E-state index contributed by atoms with van der Waals surface area (Å²) in [5, 5.41) is 7.86. The number of benzene rings is 2. The Morgan fingerprint density at radius 2 is 1.96 bits per heavy atom. The Hall–Kier alpha value is -2.99. The number of para-hydroxylation sites is 2. The van der Waals surface area contributed by atoms with Crippen LogP contribution in [0.3, 0.4) is 0 Å². The van der Waals surface area contributed by atoms with Gasteiger partial charge in [-0.1, -0.05) is 23.7 Å². The highest BCUT2D eigenvalue weighted by Gasteiger charge is 2.22. The second-order valence-electron chi connectivity index (χ2n) is 6.24. The van der Waals surface area contributed by atoms with Crippen molar-refractivity contribution in [1.29, 1.82) is 0 Å². The summed E-state index contributed by atoms with van der Waals surface area (Å²) in [7, 11) is 0. The molecule has 138 valence electrons. The quantitative estimate of drug-likeness (QED) is 0.749. The second kappa shape index (κ2) is 7.32. The van der Waals surface area contributed by atoms with Gasteiger partial charge in [0.2, 0.25) is 0 Å². The largest absolute Gasteiger partial charge is 0.486 e. The lowest BCUT2D eigenvalue weighted by atomic mass is 10.2. The average Bonchev–Trinajstić information content (AvgIpc) is 3.08. The Morgan fingerprint density at radius 1 is 1.22 bits per heavy atom. The zero-order valence-electron chi connectivity index (χ0n) is 14.7. The van der Waals surface area contributed by atoms with Gasteiger partial charge in [0, 0.05) is 5.02 Å². The molecule has 1 atom stereocenters. The highest BCUT2D eigenvalue weighted by atomic mass is 35.5. The number of hydrogen-bond acceptors (Lipinski definition) is 4. The third kappa shape index (κ3) is 3.61. The Labute approximate surface area is 161 Å². The van der Waals surface area contributed by atoms with Gasteiger partial charge in [-0.2, -0.15) is 5.10 Å². The monoisotopic (exact) mass is 383 g/mol. The van der Waals surface area contributed by atoms with Crippen molar-refractivity contribution >= 4 is 17.5 Å². The molecule has 0 saturated carbocycles. The van der Waals surface area contributed by atoms with Gasteiger partial charge in [0.1, 0.15) is 12.7 Å². The maximum atomic E-state index is 12.6. The summed E-state index contributed by atoms with van der Waals surface area (Å²) in [4.78, 5) is 12.6. The van der Waals surface area contributed by atoms with Gasteiger partial charge in [0.05, 0.1) is 29.7 Å². The second-order valence-corrected chi connectivity index (χ2v) is 6.68. The van der Waals surface area contributed by atoms with Crippen LogP contribution in [0.5, 0.6) is 11.5 Å². The fraction of sp³-hybridized carbons (Fsp3) is 0.200. The minimum atomic E-state index is -0.240. The van der Waals surface area contributed by atoms with Crippen molar-refractivity contribution in [3.63, 3.8) is 0 Å². The molecule has 3 aromatic rings. The average molecular weight is 384 g/mol. The molecular weight excluding hydrogens is 366 g/mol. The van der Waals surface area contributed by atoms with Crippen LogP contribution in [0.15, 0.2) is 54.7 Å². The van der Waals surface area contributed by atoms with Crippen LogP contribution in [0.2, 0.25) is 5.02 Å². The summed E-state index contributed by atoms with van der Waals surface area (Å²) < 4.78 is 13.2. The first-order valence-corrected chi connectivity index (χ1v) is 8.97. The molecule has 2 heterocycles. The molecule has 1 aromatic heterocycles. The number of hydrogen-bond donors (Lipinski definition) is 1. The van der Waals surface area contributed by atoms with Crippen LogP contribution in [0.4, 0.5) is 0 Å². The Kier molecular flexibility index (Phi) is 4.73. The van der Waals surface area contributed by atoms with Gasteiger partial charge in [-0.25, -0.2) is 4.68 Å². The van der Waals surface area contributed by atoms with E-state index in [1.54, 1.807) is 23.0 Å². The predicted octanol–water partition coefficient (Wildman–Crippen LogP) is 3.40. The van der Waals surface area contributed by atoms with E-state index in [-0.39, 0.29) is 12.0 Å². The van der Waals surface area contributed by atoms with E-state index in [1.165, 1.54) is 0 Å². The van der Waals surface area contributed by atoms with Gasteiger partial charge in [-0.3, -0.25) is 4.79 Å². The summed E-state index contributed by atoms with van der Waals surface area (Å²) in [6.45, 7) is 2.59. The summed E-state index contributed by atoms with van der Waals surface area (Å²) >= 11 is 5.93. The maximum absolute atomic E-state index is 12.6. The van der Waals surface area contributed by atoms with E-state index < -0.39 is 0 Å². The first-order chi connectivity index (χ1) is 13.1. The number of carbonyl (C=O) groups is 1. The zero-order valence-corrected chi connectivity index (χ0v) is 15.4.